The van der Waals surface area contributed by atoms with Gasteiger partial charge in [0.1, 0.15) is 6.61 Å². The molecule has 30 heavy (non-hydrogen) atoms. The number of halogens is 1. The Hall–Kier alpha value is -3.31. The average molecular weight is 423 g/mol. The Morgan fingerprint density at radius 1 is 1.03 bits per heavy atom. The summed E-state index contributed by atoms with van der Waals surface area (Å²) in [6.07, 6.45) is 5.70. The van der Waals surface area contributed by atoms with Gasteiger partial charge in [-0.15, -0.1) is 0 Å². The highest BCUT2D eigenvalue weighted by Gasteiger charge is 2.28. The van der Waals surface area contributed by atoms with Crippen molar-refractivity contribution in [1.82, 2.24) is 0 Å². The molecule has 6 heteroatoms. The van der Waals surface area contributed by atoms with Crippen molar-refractivity contribution in [1.29, 1.82) is 0 Å². The first kappa shape index (κ1) is 20.0. The Kier molecular flexibility index (Phi) is 5.72. The molecule has 0 amide bonds. The van der Waals surface area contributed by atoms with Gasteiger partial charge in [-0.1, -0.05) is 23.7 Å². The van der Waals surface area contributed by atoms with Gasteiger partial charge >= 0.3 is 0 Å². The lowest BCUT2D eigenvalue weighted by molar-refractivity contribution is -0.688. The normalized spacial score (nSPS) is 14.2. The minimum atomic E-state index is -0.171. The van der Waals surface area contributed by atoms with Crippen LogP contribution in [-0.4, -0.2) is 20.0 Å². The largest absolute Gasteiger partial charge is 0.493 e. The molecule has 1 aromatic heterocycles. The van der Waals surface area contributed by atoms with Gasteiger partial charge in [0.05, 0.1) is 14.2 Å². The van der Waals surface area contributed by atoms with Crippen LogP contribution in [0.3, 0.4) is 0 Å². The number of hydrogen-bond donors (Lipinski definition) is 0. The number of nitrogens with zero attached hydrogens (tertiary/aromatic N) is 1. The zero-order valence-corrected chi connectivity index (χ0v) is 17.5. The van der Waals surface area contributed by atoms with Crippen molar-refractivity contribution >= 4 is 23.5 Å². The van der Waals surface area contributed by atoms with Crippen molar-refractivity contribution in [3.05, 3.63) is 94.0 Å². The van der Waals surface area contributed by atoms with Crippen LogP contribution in [0.4, 0.5) is 0 Å². The molecule has 2 heterocycles. The molecule has 0 spiro atoms. The monoisotopic (exact) mass is 422 g/mol. The van der Waals surface area contributed by atoms with E-state index in [0.29, 0.717) is 28.4 Å². The summed E-state index contributed by atoms with van der Waals surface area (Å²) in [5.74, 6) is 1.25. The maximum atomic E-state index is 12.9. The zero-order valence-electron chi connectivity index (χ0n) is 16.7. The SMILES string of the molecule is COc1ccc2c(c1OC)CO/C(=C\c1cc[n+](Cc3ccc(Cl)cc3)cc1)C2=O. The molecule has 0 saturated heterocycles. The van der Waals surface area contributed by atoms with Gasteiger partial charge in [-0.25, -0.2) is 4.57 Å². The van der Waals surface area contributed by atoms with Crippen molar-refractivity contribution in [3.8, 4) is 11.5 Å². The third kappa shape index (κ3) is 4.02. The molecule has 0 fully saturated rings. The molecule has 0 saturated carbocycles. The van der Waals surface area contributed by atoms with E-state index >= 15 is 0 Å². The maximum absolute atomic E-state index is 12.9. The molecule has 4 rings (SSSR count). The van der Waals surface area contributed by atoms with Gasteiger partial charge in [0, 0.05) is 33.8 Å². The molecule has 0 radical (unpaired) electrons. The Balaban J connectivity index is 1.54. The fourth-order valence-electron chi connectivity index (χ4n) is 3.42. The molecular formula is C24H21ClNO4+. The minimum absolute atomic E-state index is 0.171. The Bertz CT molecular complexity index is 1110. The number of Topliss-reactive ketones (excluding diaryl/α,β-unsaturated/α-hetero) is 1. The van der Waals surface area contributed by atoms with E-state index in [1.807, 2.05) is 48.8 Å². The number of fused-ring (bicyclic) bond motifs is 1. The van der Waals surface area contributed by atoms with Crippen LogP contribution in [0.5, 0.6) is 11.5 Å². The van der Waals surface area contributed by atoms with Crippen molar-refractivity contribution in [2.75, 3.05) is 14.2 Å². The predicted molar refractivity (Wildman–Crippen MR) is 114 cm³/mol. The summed E-state index contributed by atoms with van der Waals surface area (Å²) in [6, 6.07) is 15.1. The second kappa shape index (κ2) is 8.59. The summed E-state index contributed by atoms with van der Waals surface area (Å²) >= 11 is 5.94. The topological polar surface area (TPSA) is 48.6 Å². The second-order valence-electron chi connectivity index (χ2n) is 6.88. The third-order valence-electron chi connectivity index (χ3n) is 4.98. The van der Waals surface area contributed by atoms with Crippen LogP contribution in [0.25, 0.3) is 6.08 Å². The van der Waals surface area contributed by atoms with Crippen LogP contribution in [-0.2, 0) is 17.9 Å². The van der Waals surface area contributed by atoms with E-state index < -0.39 is 0 Å². The number of ketones is 1. The summed E-state index contributed by atoms with van der Waals surface area (Å²) in [4.78, 5) is 12.9. The van der Waals surface area contributed by atoms with E-state index in [1.165, 1.54) is 0 Å². The first-order valence-corrected chi connectivity index (χ1v) is 9.83. The van der Waals surface area contributed by atoms with Gasteiger partial charge in [-0.3, -0.25) is 4.79 Å². The van der Waals surface area contributed by atoms with Crippen LogP contribution in [0.2, 0.25) is 5.02 Å². The van der Waals surface area contributed by atoms with E-state index in [4.69, 9.17) is 25.8 Å². The standard InChI is InChI=1S/C24H21ClNO4/c1-28-21-8-7-19-20(24(21)29-2)15-30-22(23(19)27)13-16-9-11-26(12-10-16)14-17-3-5-18(25)6-4-17/h3-13H,14-15H2,1-2H3/q+1/b22-13-. The number of methoxy groups -OCH3 is 2. The number of allylic oxidation sites excluding steroid dienone is 1. The van der Waals surface area contributed by atoms with E-state index in [9.17, 15) is 4.79 Å². The number of pyridine rings is 1. The summed E-state index contributed by atoms with van der Waals surface area (Å²) in [5.41, 5.74) is 3.31. The fourth-order valence-corrected chi connectivity index (χ4v) is 3.55. The summed E-state index contributed by atoms with van der Waals surface area (Å²) < 4.78 is 18.5. The lowest BCUT2D eigenvalue weighted by Gasteiger charge is -2.22. The lowest BCUT2D eigenvalue weighted by atomic mass is 9.98. The summed E-state index contributed by atoms with van der Waals surface area (Å²) in [7, 11) is 3.12. The van der Waals surface area contributed by atoms with Crippen LogP contribution in [0, 0.1) is 0 Å². The molecule has 2 aromatic carbocycles. The number of carbonyl (C=O) groups is 1. The van der Waals surface area contributed by atoms with Gasteiger partial charge in [-0.05, 0) is 35.9 Å². The van der Waals surface area contributed by atoms with Crippen LogP contribution >= 0.6 is 11.6 Å². The highest BCUT2D eigenvalue weighted by atomic mass is 35.5. The first-order valence-electron chi connectivity index (χ1n) is 9.45. The molecule has 1 aliphatic heterocycles. The molecule has 0 unspecified atom stereocenters. The van der Waals surface area contributed by atoms with Crippen molar-refractivity contribution in [3.63, 3.8) is 0 Å². The molecule has 5 nitrogen and oxygen atoms in total. The third-order valence-corrected chi connectivity index (χ3v) is 5.23. The van der Waals surface area contributed by atoms with E-state index in [1.54, 1.807) is 32.4 Å². The van der Waals surface area contributed by atoms with Crippen LogP contribution in [0.15, 0.2) is 66.7 Å². The smallest absolute Gasteiger partial charge is 0.228 e. The number of benzene rings is 2. The predicted octanol–water partition coefficient (Wildman–Crippen LogP) is 4.45. The maximum Gasteiger partial charge on any atom is 0.228 e. The zero-order chi connectivity index (χ0) is 21.1. The van der Waals surface area contributed by atoms with E-state index in [-0.39, 0.29) is 12.4 Å². The Labute approximate surface area is 180 Å². The van der Waals surface area contributed by atoms with Gasteiger partial charge < -0.3 is 14.2 Å². The number of rotatable bonds is 5. The first-order chi connectivity index (χ1) is 14.6. The number of aromatic nitrogens is 1. The van der Waals surface area contributed by atoms with Crippen molar-refractivity contribution in [2.45, 2.75) is 13.2 Å². The molecule has 3 aromatic rings. The van der Waals surface area contributed by atoms with Gasteiger partial charge in [0.2, 0.25) is 5.78 Å². The molecule has 1 aliphatic rings. The number of hydrogen-bond acceptors (Lipinski definition) is 4. The quantitative estimate of drug-likeness (QED) is 0.450. The van der Waals surface area contributed by atoms with E-state index in [2.05, 4.69) is 4.57 Å². The van der Waals surface area contributed by atoms with Gasteiger partial charge in [-0.2, -0.15) is 0 Å². The van der Waals surface area contributed by atoms with Crippen LogP contribution in [0.1, 0.15) is 27.0 Å². The lowest BCUT2D eigenvalue weighted by Crippen LogP contribution is -2.33. The number of ether oxygens (including phenoxy) is 3. The molecule has 0 atom stereocenters. The molecule has 0 aliphatic carbocycles. The van der Waals surface area contributed by atoms with Gasteiger partial charge in [0.15, 0.2) is 36.2 Å². The minimum Gasteiger partial charge on any atom is -0.493 e. The van der Waals surface area contributed by atoms with Gasteiger partial charge in [0.25, 0.3) is 0 Å². The second-order valence-corrected chi connectivity index (χ2v) is 7.32. The average Bonchev–Trinajstić information content (AvgIpc) is 2.77. The molecule has 152 valence electrons. The number of carbonyl (C=O) groups excluding carboxylic acids is 1. The van der Waals surface area contributed by atoms with E-state index in [0.717, 1.165) is 22.7 Å². The molecular weight excluding hydrogens is 402 g/mol. The molecule has 0 N–H and O–H groups in total. The van der Waals surface area contributed by atoms with Crippen LogP contribution < -0.4 is 14.0 Å². The Morgan fingerprint density at radius 3 is 2.43 bits per heavy atom. The summed E-state index contributed by atoms with van der Waals surface area (Å²) in [6.45, 7) is 0.981. The van der Waals surface area contributed by atoms with Crippen molar-refractivity contribution in [2.24, 2.45) is 0 Å². The summed E-state index contributed by atoms with van der Waals surface area (Å²) in [5, 5.41) is 0.723. The Morgan fingerprint density at radius 2 is 1.77 bits per heavy atom. The fraction of sp³-hybridized carbons (Fsp3) is 0.167. The van der Waals surface area contributed by atoms with Crippen molar-refractivity contribution < 1.29 is 23.6 Å². The highest BCUT2D eigenvalue weighted by molar-refractivity contribution is 6.30. The molecule has 0 bridgehead atoms. The highest BCUT2D eigenvalue weighted by Crippen LogP contribution is 2.37.